The molecule has 5 heteroatoms. The van der Waals surface area contributed by atoms with Crippen molar-refractivity contribution in [3.63, 3.8) is 0 Å². The zero-order chi connectivity index (χ0) is 15.1. The van der Waals surface area contributed by atoms with Crippen molar-refractivity contribution in [1.29, 1.82) is 5.26 Å². The quantitative estimate of drug-likeness (QED) is 0.784. The topological polar surface area (TPSA) is 73.5 Å². The fourth-order valence-corrected chi connectivity index (χ4v) is 2.96. The molecule has 1 aliphatic heterocycles. The number of benzene rings is 1. The van der Waals surface area contributed by atoms with E-state index in [4.69, 9.17) is 10.00 Å². The van der Waals surface area contributed by atoms with Gasteiger partial charge in [0.2, 0.25) is 0 Å². The van der Waals surface area contributed by atoms with Gasteiger partial charge in [-0.1, -0.05) is 43.0 Å². The number of aliphatic hydroxyl groups is 2. The third-order valence-corrected chi connectivity index (χ3v) is 4.57. The van der Waals surface area contributed by atoms with Crippen molar-refractivity contribution >= 4 is 6.71 Å². The maximum atomic E-state index is 10.4. The fourth-order valence-electron chi connectivity index (χ4n) is 2.96. The second kappa shape index (κ2) is 7.60. The van der Waals surface area contributed by atoms with Gasteiger partial charge in [0, 0.05) is 11.4 Å². The number of rotatable bonds is 6. The van der Waals surface area contributed by atoms with E-state index in [9.17, 15) is 10.2 Å². The number of nitriles is 1. The number of hydrogen-bond donors (Lipinski definition) is 2. The fraction of sp³-hybridized carbons (Fsp3) is 0.562. The van der Waals surface area contributed by atoms with Gasteiger partial charge >= 0.3 is 0 Å². The van der Waals surface area contributed by atoms with Crippen LogP contribution in [0.15, 0.2) is 30.3 Å². The third-order valence-electron chi connectivity index (χ3n) is 4.57. The Morgan fingerprint density at radius 1 is 1.29 bits per heavy atom. The Morgan fingerprint density at radius 2 is 1.95 bits per heavy atom. The summed E-state index contributed by atoms with van der Waals surface area (Å²) in [4.78, 5) is 0. The molecule has 0 amide bonds. The number of ether oxygens (including phenoxy) is 1. The summed E-state index contributed by atoms with van der Waals surface area (Å²) in [7, 11) is 0. The third kappa shape index (κ3) is 4.07. The molecule has 1 saturated heterocycles. The minimum atomic E-state index is -0.689. The molecule has 0 bridgehead atoms. The van der Waals surface area contributed by atoms with Crippen LogP contribution in [-0.2, 0) is 11.3 Å². The van der Waals surface area contributed by atoms with Crippen molar-refractivity contribution in [1.82, 2.24) is 0 Å². The summed E-state index contributed by atoms with van der Waals surface area (Å²) in [5, 5.41) is 29.0. The molecule has 4 nitrogen and oxygen atoms in total. The molecule has 0 saturated carbocycles. The zero-order valence-electron chi connectivity index (χ0n) is 12.2. The van der Waals surface area contributed by atoms with E-state index in [1.54, 1.807) is 0 Å². The second-order valence-corrected chi connectivity index (χ2v) is 5.94. The maximum absolute atomic E-state index is 10.4. The molecule has 0 radical (unpaired) electrons. The van der Waals surface area contributed by atoms with Gasteiger partial charge in [-0.05, 0) is 18.4 Å². The second-order valence-electron chi connectivity index (χ2n) is 5.94. The van der Waals surface area contributed by atoms with Crippen LogP contribution in [0.25, 0.3) is 0 Å². The van der Waals surface area contributed by atoms with E-state index in [-0.39, 0.29) is 19.9 Å². The van der Waals surface area contributed by atoms with Crippen LogP contribution >= 0.6 is 0 Å². The first-order valence-corrected chi connectivity index (χ1v) is 7.50. The van der Waals surface area contributed by atoms with Crippen LogP contribution < -0.4 is 0 Å². The van der Waals surface area contributed by atoms with Crippen molar-refractivity contribution in [3.05, 3.63) is 35.9 Å². The Hall–Kier alpha value is -1.35. The van der Waals surface area contributed by atoms with Gasteiger partial charge in [0.05, 0.1) is 25.9 Å². The summed E-state index contributed by atoms with van der Waals surface area (Å²) in [5.41, 5.74) is 0.556. The standard InChI is InChI=1S/C16H22BNO3/c18-13-17-8-6-16(12-19,7-9-17)15(20)11-21-10-14-4-2-1-3-5-14/h1-5,15,19-20H,6-12H2. The number of nitrogens with zero attached hydrogens (tertiary/aromatic N) is 1. The van der Waals surface area contributed by atoms with Crippen LogP contribution in [-0.4, -0.2) is 36.2 Å². The molecule has 21 heavy (non-hydrogen) atoms. The molecule has 0 spiro atoms. The molecule has 1 aliphatic rings. The molecule has 1 heterocycles. The lowest BCUT2D eigenvalue weighted by molar-refractivity contribution is -0.0749. The number of aliphatic hydroxyl groups excluding tert-OH is 2. The van der Waals surface area contributed by atoms with Crippen LogP contribution in [0.5, 0.6) is 0 Å². The Kier molecular flexibility index (Phi) is 5.80. The van der Waals surface area contributed by atoms with Crippen LogP contribution in [0, 0.1) is 16.6 Å². The van der Waals surface area contributed by atoms with Crippen LogP contribution in [0.3, 0.4) is 0 Å². The largest absolute Gasteiger partial charge is 0.396 e. The van der Waals surface area contributed by atoms with Gasteiger partial charge in [0.15, 0.2) is 0 Å². The molecule has 0 aromatic heterocycles. The van der Waals surface area contributed by atoms with E-state index in [0.717, 1.165) is 18.2 Å². The Labute approximate surface area is 126 Å². The predicted octanol–water partition coefficient (Wildman–Crippen LogP) is 1.89. The summed E-state index contributed by atoms with van der Waals surface area (Å²) in [6, 6.07) is 9.81. The van der Waals surface area contributed by atoms with E-state index in [2.05, 4.69) is 5.97 Å². The molecular weight excluding hydrogens is 265 g/mol. The van der Waals surface area contributed by atoms with Gasteiger partial charge in [-0.3, -0.25) is 0 Å². The molecule has 2 N–H and O–H groups in total. The summed E-state index contributed by atoms with van der Waals surface area (Å²) >= 11 is 0. The predicted molar refractivity (Wildman–Crippen MR) is 81.8 cm³/mol. The highest BCUT2D eigenvalue weighted by atomic mass is 16.5. The normalized spacial score (nSPS) is 19.0. The minimum Gasteiger partial charge on any atom is -0.396 e. The molecule has 1 unspecified atom stereocenters. The van der Waals surface area contributed by atoms with E-state index < -0.39 is 11.5 Å². The summed E-state index contributed by atoms with van der Waals surface area (Å²) in [5.74, 6) is 2.27. The highest BCUT2D eigenvalue weighted by molar-refractivity contribution is 6.67. The van der Waals surface area contributed by atoms with Crippen molar-refractivity contribution in [3.8, 4) is 5.97 Å². The van der Waals surface area contributed by atoms with Gasteiger partial charge in [-0.25, -0.2) is 5.26 Å². The first-order valence-electron chi connectivity index (χ1n) is 7.50. The molecule has 2 rings (SSSR count). The van der Waals surface area contributed by atoms with E-state index >= 15 is 0 Å². The van der Waals surface area contributed by atoms with E-state index in [1.165, 1.54) is 0 Å². The number of hydrogen-bond acceptors (Lipinski definition) is 4. The van der Waals surface area contributed by atoms with Crippen molar-refractivity contribution in [2.24, 2.45) is 5.41 Å². The maximum Gasteiger partial charge on any atom is 0.267 e. The van der Waals surface area contributed by atoms with Crippen LogP contribution in [0.4, 0.5) is 0 Å². The summed E-state index contributed by atoms with van der Waals surface area (Å²) in [6.07, 6.45) is 2.15. The SMILES string of the molecule is N#CB1CCC(CO)(C(O)COCc2ccccc2)CC1. The highest BCUT2D eigenvalue weighted by Gasteiger charge is 2.42. The first-order chi connectivity index (χ1) is 10.2. The Bertz CT molecular complexity index is 466. The van der Waals surface area contributed by atoms with Gasteiger partial charge in [0.25, 0.3) is 6.71 Å². The molecule has 1 aromatic carbocycles. The van der Waals surface area contributed by atoms with Crippen LogP contribution in [0.1, 0.15) is 18.4 Å². The smallest absolute Gasteiger partial charge is 0.267 e. The Morgan fingerprint density at radius 3 is 2.52 bits per heavy atom. The lowest BCUT2D eigenvalue weighted by atomic mass is 9.39. The molecule has 112 valence electrons. The average Bonchev–Trinajstić information content (AvgIpc) is 2.55. The van der Waals surface area contributed by atoms with E-state index in [1.807, 2.05) is 30.3 Å². The van der Waals surface area contributed by atoms with Crippen molar-refractivity contribution < 1.29 is 14.9 Å². The molecule has 1 aromatic rings. The first kappa shape index (κ1) is 16.0. The van der Waals surface area contributed by atoms with Crippen LogP contribution in [0.2, 0.25) is 12.6 Å². The van der Waals surface area contributed by atoms with Gasteiger partial charge < -0.3 is 14.9 Å². The van der Waals surface area contributed by atoms with Crippen molar-refractivity contribution in [2.45, 2.75) is 38.2 Å². The zero-order valence-corrected chi connectivity index (χ0v) is 12.2. The summed E-state index contributed by atoms with van der Waals surface area (Å²) < 4.78 is 5.59. The molecule has 1 fully saturated rings. The highest BCUT2D eigenvalue weighted by Crippen LogP contribution is 2.39. The van der Waals surface area contributed by atoms with Gasteiger partial charge in [-0.15, -0.1) is 0 Å². The average molecular weight is 287 g/mol. The van der Waals surface area contributed by atoms with E-state index in [0.29, 0.717) is 19.4 Å². The lowest BCUT2D eigenvalue weighted by Crippen LogP contribution is -2.45. The molecule has 1 atom stereocenters. The van der Waals surface area contributed by atoms with Gasteiger partial charge in [0.1, 0.15) is 0 Å². The molecular formula is C16H22BNO3. The Balaban J connectivity index is 1.83. The van der Waals surface area contributed by atoms with Crippen molar-refractivity contribution in [2.75, 3.05) is 13.2 Å². The monoisotopic (exact) mass is 287 g/mol. The summed E-state index contributed by atoms with van der Waals surface area (Å²) in [6.45, 7) is 0.676. The molecule has 0 aliphatic carbocycles. The minimum absolute atomic E-state index is 0.0546. The van der Waals surface area contributed by atoms with Gasteiger partial charge in [-0.2, -0.15) is 0 Å². The lowest BCUT2D eigenvalue weighted by Gasteiger charge is -2.40.